The fraction of sp³-hybridized carbons (Fsp3) is 0.0312. The van der Waals surface area contributed by atoms with Crippen molar-refractivity contribution in [2.75, 3.05) is 0 Å². The highest BCUT2D eigenvalue weighted by Crippen LogP contribution is 2.28. The molecule has 0 fully saturated rings. The highest BCUT2D eigenvalue weighted by molar-refractivity contribution is 6.13. The number of aromatic nitrogens is 1. The van der Waals surface area contributed by atoms with Gasteiger partial charge in [0.15, 0.2) is 0 Å². The fourth-order valence-corrected chi connectivity index (χ4v) is 4.02. The van der Waals surface area contributed by atoms with Crippen molar-refractivity contribution in [1.82, 2.24) is 4.98 Å². The number of allylic oxidation sites excluding steroid dienone is 6. The first-order chi connectivity index (χ1) is 17.1. The van der Waals surface area contributed by atoms with Crippen molar-refractivity contribution < 1.29 is 0 Å². The van der Waals surface area contributed by atoms with E-state index in [9.17, 15) is 0 Å². The molecule has 0 radical (unpaired) electrons. The van der Waals surface area contributed by atoms with Crippen LogP contribution in [0, 0.1) is 5.41 Å². The predicted molar refractivity (Wildman–Crippen MR) is 151 cm³/mol. The minimum absolute atomic E-state index is 0.353. The van der Waals surface area contributed by atoms with Gasteiger partial charge in [0, 0.05) is 18.0 Å². The molecule has 0 saturated heterocycles. The first-order valence-corrected chi connectivity index (χ1v) is 11.4. The number of hydrogen-bond donors (Lipinski definition) is 1. The summed E-state index contributed by atoms with van der Waals surface area (Å²) in [5, 5.41) is 11.1. The average molecular weight is 454 g/mol. The molecule has 35 heavy (non-hydrogen) atoms. The van der Waals surface area contributed by atoms with Gasteiger partial charge in [-0.05, 0) is 70.5 Å². The third kappa shape index (κ3) is 5.31. The molecule has 0 unspecified atom stereocenters. The topological polar surface area (TPSA) is 49.1 Å². The zero-order valence-electron chi connectivity index (χ0n) is 19.8. The van der Waals surface area contributed by atoms with E-state index < -0.39 is 0 Å². The number of benzene rings is 3. The van der Waals surface area contributed by atoms with Crippen molar-refractivity contribution in [3.63, 3.8) is 0 Å². The van der Waals surface area contributed by atoms with Crippen molar-refractivity contribution in [2.45, 2.75) is 6.92 Å². The number of fused-ring (bicyclic) bond motifs is 1. The van der Waals surface area contributed by atoms with Gasteiger partial charge in [-0.25, -0.2) is 0 Å². The SMILES string of the molecule is C=C/C(=C\C(=C/C)C(=N)/C=C(\N=C)c1ccc(-c2cccnc2)cc1)c1cccc2ccccc12. The predicted octanol–water partition coefficient (Wildman–Crippen LogP) is 8.18. The Hall–Kier alpha value is -4.63. The van der Waals surface area contributed by atoms with Gasteiger partial charge >= 0.3 is 0 Å². The first-order valence-electron chi connectivity index (χ1n) is 11.4. The fourth-order valence-electron chi connectivity index (χ4n) is 4.02. The molecule has 170 valence electrons. The summed E-state index contributed by atoms with van der Waals surface area (Å²) in [6.07, 6.45) is 11.1. The van der Waals surface area contributed by atoms with Gasteiger partial charge in [-0.3, -0.25) is 9.98 Å². The summed E-state index contributed by atoms with van der Waals surface area (Å²) in [5.74, 6) is 0. The molecule has 3 aromatic carbocycles. The van der Waals surface area contributed by atoms with Crippen LogP contribution < -0.4 is 0 Å². The third-order valence-corrected chi connectivity index (χ3v) is 5.88. The summed E-state index contributed by atoms with van der Waals surface area (Å²) < 4.78 is 0. The van der Waals surface area contributed by atoms with Crippen LogP contribution in [0.4, 0.5) is 0 Å². The van der Waals surface area contributed by atoms with E-state index in [2.05, 4.69) is 47.5 Å². The number of nitrogens with zero attached hydrogens (tertiary/aromatic N) is 2. The molecule has 0 amide bonds. The first kappa shape index (κ1) is 23.5. The lowest BCUT2D eigenvalue weighted by atomic mass is 9.95. The van der Waals surface area contributed by atoms with Crippen LogP contribution in [0.3, 0.4) is 0 Å². The summed E-state index contributed by atoms with van der Waals surface area (Å²) in [7, 11) is 0. The van der Waals surface area contributed by atoms with Crippen LogP contribution in [0.2, 0.25) is 0 Å². The second-order valence-electron chi connectivity index (χ2n) is 7.99. The van der Waals surface area contributed by atoms with Crippen LogP contribution in [0.5, 0.6) is 0 Å². The van der Waals surface area contributed by atoms with Gasteiger partial charge in [0.25, 0.3) is 0 Å². The largest absolute Gasteiger partial charge is 0.300 e. The van der Waals surface area contributed by atoms with Crippen LogP contribution in [0.1, 0.15) is 18.1 Å². The highest BCUT2D eigenvalue weighted by atomic mass is 14.7. The maximum absolute atomic E-state index is 8.78. The maximum atomic E-state index is 8.78. The summed E-state index contributed by atoms with van der Waals surface area (Å²) in [5.41, 5.74) is 6.84. The zero-order valence-corrected chi connectivity index (χ0v) is 19.8. The number of pyridine rings is 1. The molecular weight excluding hydrogens is 426 g/mol. The highest BCUT2D eigenvalue weighted by Gasteiger charge is 2.08. The molecule has 3 nitrogen and oxygen atoms in total. The van der Waals surface area contributed by atoms with Crippen LogP contribution in [-0.2, 0) is 0 Å². The van der Waals surface area contributed by atoms with Gasteiger partial charge in [0.05, 0.1) is 11.4 Å². The van der Waals surface area contributed by atoms with Crippen molar-refractivity contribution in [2.24, 2.45) is 4.99 Å². The molecule has 3 heteroatoms. The average Bonchev–Trinajstić information content (AvgIpc) is 2.92. The molecule has 0 spiro atoms. The normalized spacial score (nSPS) is 12.4. The van der Waals surface area contributed by atoms with Gasteiger partial charge in [0.1, 0.15) is 0 Å². The van der Waals surface area contributed by atoms with Crippen LogP contribution >= 0.6 is 0 Å². The summed E-state index contributed by atoms with van der Waals surface area (Å²) in [4.78, 5) is 8.39. The van der Waals surface area contributed by atoms with Gasteiger partial charge in [-0.2, -0.15) is 0 Å². The van der Waals surface area contributed by atoms with E-state index in [1.54, 1.807) is 12.3 Å². The van der Waals surface area contributed by atoms with Crippen LogP contribution in [-0.4, -0.2) is 17.4 Å². The Kier molecular flexibility index (Phi) is 7.39. The van der Waals surface area contributed by atoms with Crippen molar-refractivity contribution in [1.29, 1.82) is 5.41 Å². The molecule has 0 bridgehead atoms. The molecule has 0 aliphatic carbocycles. The Morgan fingerprint density at radius 3 is 2.34 bits per heavy atom. The van der Waals surface area contributed by atoms with E-state index in [4.69, 9.17) is 5.41 Å². The maximum Gasteiger partial charge on any atom is 0.0716 e. The molecular formula is C32H27N3. The molecule has 4 aromatic rings. The number of aliphatic imine (C=N–C) groups is 1. The number of nitrogens with one attached hydrogen (secondary N) is 1. The number of hydrogen-bond acceptors (Lipinski definition) is 3. The molecule has 1 N–H and O–H groups in total. The van der Waals surface area contributed by atoms with Crippen LogP contribution in [0.15, 0.2) is 133 Å². The van der Waals surface area contributed by atoms with Gasteiger partial charge in [-0.15, -0.1) is 0 Å². The molecule has 1 aromatic heterocycles. The Labute approximate surface area is 206 Å². The molecule has 0 aliphatic rings. The van der Waals surface area contributed by atoms with Crippen molar-refractivity contribution in [3.8, 4) is 11.1 Å². The second-order valence-corrected chi connectivity index (χ2v) is 7.99. The molecule has 0 atom stereocenters. The quantitative estimate of drug-likeness (QED) is 0.212. The van der Waals surface area contributed by atoms with E-state index in [0.717, 1.165) is 38.8 Å². The summed E-state index contributed by atoms with van der Waals surface area (Å²) >= 11 is 0. The Balaban J connectivity index is 1.64. The Morgan fingerprint density at radius 2 is 1.66 bits per heavy atom. The lowest BCUT2D eigenvalue weighted by molar-refractivity contribution is 1.33. The Bertz CT molecular complexity index is 1470. The minimum atomic E-state index is 0.353. The van der Waals surface area contributed by atoms with E-state index in [0.29, 0.717) is 11.4 Å². The molecule has 1 heterocycles. The standard InChI is InChI=1S/C32H27N3/c1-4-23(29-14-8-11-26-10-6-7-13-30(26)29)20-24(5-2)31(33)21-32(34-3)27-17-15-25(16-18-27)28-12-9-19-35-22-28/h4-22,33H,1,3H2,2H3/b23-20+,24-5+,32-21-,33-31?. The smallest absolute Gasteiger partial charge is 0.0716 e. The van der Waals surface area contributed by atoms with E-state index in [1.807, 2.05) is 85.9 Å². The summed E-state index contributed by atoms with van der Waals surface area (Å²) in [6, 6.07) is 26.5. The third-order valence-electron chi connectivity index (χ3n) is 5.88. The van der Waals surface area contributed by atoms with E-state index in [1.165, 1.54) is 5.39 Å². The summed E-state index contributed by atoms with van der Waals surface area (Å²) in [6.45, 7) is 9.71. The van der Waals surface area contributed by atoms with Crippen LogP contribution in [0.25, 0.3) is 33.2 Å². The van der Waals surface area contributed by atoms with E-state index >= 15 is 0 Å². The molecule has 4 rings (SSSR count). The minimum Gasteiger partial charge on any atom is -0.300 e. The van der Waals surface area contributed by atoms with Gasteiger partial charge in [-0.1, -0.05) is 91.5 Å². The van der Waals surface area contributed by atoms with Crippen molar-refractivity contribution in [3.05, 3.63) is 139 Å². The van der Waals surface area contributed by atoms with Crippen molar-refractivity contribution >= 4 is 34.5 Å². The monoisotopic (exact) mass is 453 g/mol. The molecule has 0 saturated carbocycles. The number of rotatable bonds is 8. The lowest BCUT2D eigenvalue weighted by Gasteiger charge is -2.10. The lowest BCUT2D eigenvalue weighted by Crippen LogP contribution is -1.98. The zero-order chi connectivity index (χ0) is 24.6. The van der Waals surface area contributed by atoms with Gasteiger partial charge < -0.3 is 5.41 Å². The van der Waals surface area contributed by atoms with Gasteiger partial charge in [0.2, 0.25) is 0 Å². The Morgan fingerprint density at radius 1 is 0.886 bits per heavy atom. The second kappa shape index (κ2) is 11.0. The van der Waals surface area contributed by atoms with E-state index in [-0.39, 0.29) is 0 Å². The molecule has 0 aliphatic heterocycles.